The van der Waals surface area contributed by atoms with Gasteiger partial charge in [-0.1, -0.05) is 6.92 Å². The van der Waals surface area contributed by atoms with Crippen molar-refractivity contribution in [3.05, 3.63) is 16.1 Å². The summed E-state index contributed by atoms with van der Waals surface area (Å²) in [5, 5.41) is 10.4. The topological polar surface area (TPSA) is 37.0 Å². The van der Waals surface area contributed by atoms with E-state index in [4.69, 9.17) is 0 Å². The van der Waals surface area contributed by atoms with E-state index >= 15 is 0 Å². The summed E-state index contributed by atoms with van der Waals surface area (Å²) in [4.78, 5) is 4.48. The van der Waals surface area contributed by atoms with Crippen LogP contribution in [-0.4, -0.2) is 31.2 Å². The van der Waals surface area contributed by atoms with Gasteiger partial charge in [-0.2, -0.15) is 0 Å². The molecule has 0 amide bonds. The minimum absolute atomic E-state index is 0.498. The zero-order valence-electron chi connectivity index (χ0n) is 10.9. The van der Waals surface area contributed by atoms with Crippen LogP contribution in [-0.2, 0) is 6.42 Å². The Morgan fingerprint density at radius 2 is 2.47 bits per heavy atom. The van der Waals surface area contributed by atoms with Crippen molar-refractivity contribution in [2.24, 2.45) is 5.41 Å². The number of nitrogens with zero attached hydrogens (tertiary/aromatic N) is 1. The monoisotopic (exact) mass is 253 g/mol. The number of hydrogen-bond donors (Lipinski definition) is 2. The van der Waals surface area contributed by atoms with Gasteiger partial charge < -0.3 is 10.6 Å². The molecule has 1 fully saturated rings. The molecule has 0 aliphatic carbocycles. The van der Waals surface area contributed by atoms with Gasteiger partial charge in [0.25, 0.3) is 0 Å². The van der Waals surface area contributed by atoms with Crippen LogP contribution < -0.4 is 10.6 Å². The Labute approximate surface area is 108 Å². The maximum absolute atomic E-state index is 4.48. The molecule has 96 valence electrons. The highest BCUT2D eigenvalue weighted by atomic mass is 32.1. The molecule has 0 spiro atoms. The molecular weight excluding hydrogens is 230 g/mol. The lowest BCUT2D eigenvalue weighted by Crippen LogP contribution is -2.36. The number of thiazole rings is 1. The van der Waals surface area contributed by atoms with Crippen LogP contribution in [0.1, 0.15) is 30.5 Å². The standard InChI is InChI=1S/C13H23N3S/c1-3-13(5-7-15-10-13)9-14-6-4-12-8-17-11(2)16-12/h8,14-15H,3-7,9-10H2,1-2H3. The van der Waals surface area contributed by atoms with Gasteiger partial charge in [-0.25, -0.2) is 4.98 Å². The zero-order valence-corrected chi connectivity index (χ0v) is 11.7. The predicted molar refractivity (Wildman–Crippen MR) is 73.6 cm³/mol. The lowest BCUT2D eigenvalue weighted by atomic mass is 9.84. The van der Waals surface area contributed by atoms with Crippen LogP contribution in [0.3, 0.4) is 0 Å². The summed E-state index contributed by atoms with van der Waals surface area (Å²) in [5.41, 5.74) is 1.73. The first-order valence-electron chi connectivity index (χ1n) is 6.56. The van der Waals surface area contributed by atoms with E-state index < -0.39 is 0 Å². The Hall–Kier alpha value is -0.450. The van der Waals surface area contributed by atoms with Crippen LogP contribution in [0.4, 0.5) is 0 Å². The molecule has 3 nitrogen and oxygen atoms in total. The Bertz CT molecular complexity index is 342. The van der Waals surface area contributed by atoms with E-state index in [1.54, 1.807) is 11.3 Å². The van der Waals surface area contributed by atoms with Gasteiger partial charge >= 0.3 is 0 Å². The average molecular weight is 253 g/mol. The lowest BCUT2D eigenvalue weighted by molar-refractivity contribution is 0.293. The van der Waals surface area contributed by atoms with Crippen LogP contribution in [0.5, 0.6) is 0 Å². The van der Waals surface area contributed by atoms with E-state index in [-0.39, 0.29) is 0 Å². The average Bonchev–Trinajstić information content (AvgIpc) is 2.95. The third-order valence-electron chi connectivity index (χ3n) is 3.81. The molecule has 0 radical (unpaired) electrons. The smallest absolute Gasteiger partial charge is 0.0897 e. The maximum Gasteiger partial charge on any atom is 0.0897 e. The second kappa shape index (κ2) is 5.94. The number of hydrogen-bond acceptors (Lipinski definition) is 4. The van der Waals surface area contributed by atoms with Gasteiger partial charge in [0.05, 0.1) is 10.7 Å². The largest absolute Gasteiger partial charge is 0.316 e. The SMILES string of the molecule is CCC1(CNCCc2csc(C)n2)CCNC1. The van der Waals surface area contributed by atoms with E-state index in [1.807, 2.05) is 0 Å². The molecular formula is C13H23N3S. The van der Waals surface area contributed by atoms with Gasteiger partial charge in [0, 0.05) is 31.4 Å². The molecule has 17 heavy (non-hydrogen) atoms. The van der Waals surface area contributed by atoms with Crippen LogP contribution in [0.25, 0.3) is 0 Å². The van der Waals surface area contributed by atoms with Crippen LogP contribution in [0.15, 0.2) is 5.38 Å². The summed E-state index contributed by atoms with van der Waals surface area (Å²) in [6.07, 6.45) is 3.63. The minimum Gasteiger partial charge on any atom is -0.316 e. The molecule has 0 bridgehead atoms. The van der Waals surface area contributed by atoms with E-state index in [1.165, 1.54) is 36.6 Å². The molecule has 4 heteroatoms. The molecule has 1 saturated heterocycles. The van der Waals surface area contributed by atoms with Crippen molar-refractivity contribution in [3.8, 4) is 0 Å². The molecule has 1 unspecified atom stereocenters. The third kappa shape index (κ3) is 3.50. The second-order valence-corrected chi connectivity index (χ2v) is 6.13. The van der Waals surface area contributed by atoms with Gasteiger partial charge in [-0.15, -0.1) is 11.3 Å². The molecule has 2 rings (SSSR count). The van der Waals surface area contributed by atoms with Gasteiger partial charge in [-0.05, 0) is 31.7 Å². The number of rotatable bonds is 6. The van der Waals surface area contributed by atoms with Crippen LogP contribution in [0, 0.1) is 12.3 Å². The molecule has 1 atom stereocenters. The Morgan fingerprint density at radius 3 is 3.06 bits per heavy atom. The third-order valence-corrected chi connectivity index (χ3v) is 4.63. The summed E-state index contributed by atoms with van der Waals surface area (Å²) in [6, 6.07) is 0. The fraction of sp³-hybridized carbons (Fsp3) is 0.769. The Morgan fingerprint density at radius 1 is 1.59 bits per heavy atom. The van der Waals surface area contributed by atoms with E-state index in [0.29, 0.717) is 5.41 Å². The Balaban J connectivity index is 1.69. The molecule has 0 aromatic carbocycles. The normalized spacial score (nSPS) is 24.4. The quantitative estimate of drug-likeness (QED) is 0.761. The highest BCUT2D eigenvalue weighted by Crippen LogP contribution is 2.28. The molecule has 1 aliphatic rings. The highest BCUT2D eigenvalue weighted by molar-refractivity contribution is 7.09. The van der Waals surface area contributed by atoms with E-state index in [2.05, 4.69) is 34.8 Å². The number of aromatic nitrogens is 1. The first-order chi connectivity index (χ1) is 8.24. The first kappa shape index (κ1) is 13.0. The van der Waals surface area contributed by atoms with Crippen molar-refractivity contribution >= 4 is 11.3 Å². The second-order valence-electron chi connectivity index (χ2n) is 5.06. The van der Waals surface area contributed by atoms with Crippen molar-refractivity contribution < 1.29 is 0 Å². The van der Waals surface area contributed by atoms with Crippen molar-refractivity contribution in [2.45, 2.75) is 33.1 Å². The molecule has 0 saturated carbocycles. The van der Waals surface area contributed by atoms with E-state index in [0.717, 1.165) is 19.5 Å². The Kier molecular flexibility index (Phi) is 4.54. The fourth-order valence-corrected chi connectivity index (χ4v) is 3.11. The zero-order chi connectivity index (χ0) is 12.1. The molecule has 2 N–H and O–H groups in total. The highest BCUT2D eigenvalue weighted by Gasteiger charge is 2.31. The summed E-state index contributed by atoms with van der Waals surface area (Å²) in [6.45, 7) is 8.91. The number of aryl methyl sites for hydroxylation is 1. The maximum atomic E-state index is 4.48. The van der Waals surface area contributed by atoms with Gasteiger partial charge in [-0.3, -0.25) is 0 Å². The van der Waals surface area contributed by atoms with Crippen LogP contribution >= 0.6 is 11.3 Å². The number of nitrogens with one attached hydrogen (secondary N) is 2. The predicted octanol–water partition coefficient (Wildman–Crippen LogP) is 1.97. The lowest BCUT2D eigenvalue weighted by Gasteiger charge is -2.26. The molecule has 2 heterocycles. The minimum atomic E-state index is 0.498. The fourth-order valence-electron chi connectivity index (χ4n) is 2.47. The summed E-state index contributed by atoms with van der Waals surface area (Å²) < 4.78 is 0. The summed E-state index contributed by atoms with van der Waals surface area (Å²) in [7, 11) is 0. The summed E-state index contributed by atoms with van der Waals surface area (Å²) >= 11 is 1.74. The van der Waals surface area contributed by atoms with Gasteiger partial charge in [0.2, 0.25) is 0 Å². The van der Waals surface area contributed by atoms with E-state index in [9.17, 15) is 0 Å². The van der Waals surface area contributed by atoms with Gasteiger partial charge in [0.15, 0.2) is 0 Å². The van der Waals surface area contributed by atoms with Crippen molar-refractivity contribution in [2.75, 3.05) is 26.2 Å². The molecule has 1 aliphatic heterocycles. The van der Waals surface area contributed by atoms with Gasteiger partial charge in [0.1, 0.15) is 0 Å². The van der Waals surface area contributed by atoms with Crippen molar-refractivity contribution in [1.29, 1.82) is 0 Å². The summed E-state index contributed by atoms with van der Waals surface area (Å²) in [5.74, 6) is 0. The molecule has 1 aromatic heterocycles. The van der Waals surface area contributed by atoms with Crippen molar-refractivity contribution in [3.63, 3.8) is 0 Å². The van der Waals surface area contributed by atoms with Crippen LogP contribution in [0.2, 0.25) is 0 Å². The van der Waals surface area contributed by atoms with Crippen molar-refractivity contribution in [1.82, 2.24) is 15.6 Å². The molecule has 1 aromatic rings. The first-order valence-corrected chi connectivity index (χ1v) is 7.44.